The van der Waals surface area contributed by atoms with Crippen molar-refractivity contribution in [3.63, 3.8) is 0 Å². The van der Waals surface area contributed by atoms with Gasteiger partial charge in [-0.1, -0.05) is 39.5 Å². The molecule has 0 rings (SSSR count). The number of carboxylic acids is 2. The first-order chi connectivity index (χ1) is 11.1. The molecule has 0 aliphatic rings. The second-order valence-corrected chi connectivity index (χ2v) is 5.89. The molecule has 2 atom stereocenters. The van der Waals surface area contributed by atoms with Crippen LogP contribution in [-0.4, -0.2) is 44.8 Å². The Hall–Kier alpha value is -1.96. The molecular formula is C16H26O8. The molecule has 8 nitrogen and oxygen atoms in total. The van der Waals surface area contributed by atoms with Gasteiger partial charge in [-0.05, 0) is 12.3 Å². The first kappa shape index (κ1) is 22.0. The maximum absolute atomic E-state index is 11.6. The summed E-state index contributed by atoms with van der Waals surface area (Å²) in [5.74, 6) is -5.16. The standard InChI is InChI=1S/C16H26O8/c1-3-5-6-11(4-2)7-8-13(19)24-14(20)10-16(23,15(21)22)9-12(17)18/h11,23H,3-10H2,1-2H3,(H,17,18)(H,21,22). The van der Waals surface area contributed by atoms with Crippen LogP contribution in [0.1, 0.15) is 65.2 Å². The summed E-state index contributed by atoms with van der Waals surface area (Å²) in [5, 5.41) is 27.1. The molecule has 0 aromatic rings. The molecule has 24 heavy (non-hydrogen) atoms. The van der Waals surface area contributed by atoms with Crippen molar-refractivity contribution < 1.29 is 39.2 Å². The van der Waals surface area contributed by atoms with Crippen molar-refractivity contribution >= 4 is 23.9 Å². The summed E-state index contributed by atoms with van der Waals surface area (Å²) in [6.45, 7) is 4.08. The van der Waals surface area contributed by atoms with Gasteiger partial charge < -0.3 is 20.1 Å². The van der Waals surface area contributed by atoms with Crippen molar-refractivity contribution in [3.8, 4) is 0 Å². The van der Waals surface area contributed by atoms with Gasteiger partial charge in [0.05, 0.1) is 12.8 Å². The lowest BCUT2D eigenvalue weighted by Gasteiger charge is -2.20. The molecule has 3 N–H and O–H groups in total. The number of carboxylic acid groups (broad SMARTS) is 2. The molecule has 0 saturated carbocycles. The Balaban J connectivity index is 4.46. The Morgan fingerprint density at radius 1 is 1.00 bits per heavy atom. The van der Waals surface area contributed by atoms with E-state index in [0.717, 1.165) is 25.7 Å². The van der Waals surface area contributed by atoms with Gasteiger partial charge in [0.2, 0.25) is 0 Å². The van der Waals surface area contributed by atoms with Crippen molar-refractivity contribution in [3.05, 3.63) is 0 Å². The maximum Gasteiger partial charge on any atom is 0.336 e. The summed E-state index contributed by atoms with van der Waals surface area (Å²) < 4.78 is 4.48. The molecule has 0 aliphatic carbocycles. The number of ether oxygens (including phenoxy) is 1. The minimum absolute atomic E-state index is 0.0123. The molecule has 0 saturated heterocycles. The summed E-state index contributed by atoms with van der Waals surface area (Å²) in [6.07, 6.45) is 2.28. The summed E-state index contributed by atoms with van der Waals surface area (Å²) in [7, 11) is 0. The minimum Gasteiger partial charge on any atom is -0.481 e. The topological polar surface area (TPSA) is 138 Å². The fourth-order valence-electron chi connectivity index (χ4n) is 2.28. The average molecular weight is 346 g/mol. The molecular weight excluding hydrogens is 320 g/mol. The molecule has 0 radical (unpaired) electrons. The molecule has 2 unspecified atom stereocenters. The number of unbranched alkanes of at least 4 members (excludes halogenated alkanes) is 1. The van der Waals surface area contributed by atoms with Crippen LogP contribution in [0.25, 0.3) is 0 Å². The largest absolute Gasteiger partial charge is 0.481 e. The van der Waals surface area contributed by atoms with Gasteiger partial charge >= 0.3 is 23.9 Å². The minimum atomic E-state index is -2.80. The highest BCUT2D eigenvalue weighted by Gasteiger charge is 2.41. The van der Waals surface area contributed by atoms with Gasteiger partial charge in [-0.3, -0.25) is 14.4 Å². The number of esters is 2. The molecule has 0 amide bonds. The van der Waals surface area contributed by atoms with E-state index in [1.54, 1.807) is 0 Å². The highest BCUT2D eigenvalue weighted by molar-refractivity contribution is 5.92. The van der Waals surface area contributed by atoms with Crippen LogP contribution in [-0.2, 0) is 23.9 Å². The van der Waals surface area contributed by atoms with Gasteiger partial charge in [-0.2, -0.15) is 0 Å². The van der Waals surface area contributed by atoms with Crippen LogP contribution < -0.4 is 0 Å². The van der Waals surface area contributed by atoms with Crippen molar-refractivity contribution in [1.29, 1.82) is 0 Å². The Morgan fingerprint density at radius 3 is 2.08 bits per heavy atom. The quantitative estimate of drug-likeness (QED) is 0.359. The van der Waals surface area contributed by atoms with E-state index in [2.05, 4.69) is 11.7 Å². The first-order valence-corrected chi connectivity index (χ1v) is 8.05. The molecule has 0 fully saturated rings. The second kappa shape index (κ2) is 10.7. The Labute approximate surface area is 140 Å². The van der Waals surface area contributed by atoms with E-state index < -0.39 is 42.3 Å². The normalized spacial score (nSPS) is 14.5. The van der Waals surface area contributed by atoms with Crippen molar-refractivity contribution in [2.75, 3.05) is 0 Å². The number of hydrogen-bond donors (Lipinski definition) is 3. The third-order valence-corrected chi connectivity index (χ3v) is 3.81. The summed E-state index contributed by atoms with van der Waals surface area (Å²) in [6, 6.07) is 0. The van der Waals surface area contributed by atoms with Crippen molar-refractivity contribution in [2.24, 2.45) is 5.92 Å². The molecule has 0 aromatic carbocycles. The maximum atomic E-state index is 11.6. The second-order valence-electron chi connectivity index (χ2n) is 5.89. The zero-order chi connectivity index (χ0) is 18.8. The number of carbonyl (C=O) groups excluding carboxylic acids is 2. The SMILES string of the molecule is CCCCC(CC)CCC(=O)OC(=O)CC(O)(CC(=O)O)C(=O)O. The lowest BCUT2D eigenvalue weighted by Crippen LogP contribution is -2.43. The Bertz CT molecular complexity index is 459. The van der Waals surface area contributed by atoms with E-state index in [1.807, 2.05) is 6.92 Å². The number of aliphatic hydroxyl groups is 1. The highest BCUT2D eigenvalue weighted by Crippen LogP contribution is 2.20. The predicted octanol–water partition coefficient (Wildman–Crippen LogP) is 1.73. The molecule has 8 heteroatoms. The number of hydrogen-bond acceptors (Lipinski definition) is 6. The number of carbonyl (C=O) groups is 4. The zero-order valence-corrected chi connectivity index (χ0v) is 14.1. The van der Waals surface area contributed by atoms with Crippen LogP contribution in [0.4, 0.5) is 0 Å². The van der Waals surface area contributed by atoms with E-state index in [4.69, 9.17) is 10.2 Å². The summed E-state index contributed by atoms with van der Waals surface area (Å²) >= 11 is 0. The van der Waals surface area contributed by atoms with Gasteiger partial charge in [0.25, 0.3) is 0 Å². The van der Waals surface area contributed by atoms with Crippen LogP contribution in [0.5, 0.6) is 0 Å². The lowest BCUT2D eigenvalue weighted by atomic mass is 9.94. The van der Waals surface area contributed by atoms with Crippen LogP contribution in [0.2, 0.25) is 0 Å². The highest BCUT2D eigenvalue weighted by atomic mass is 16.6. The van der Waals surface area contributed by atoms with Crippen LogP contribution >= 0.6 is 0 Å². The molecule has 138 valence electrons. The van der Waals surface area contributed by atoms with E-state index in [0.29, 0.717) is 12.3 Å². The van der Waals surface area contributed by atoms with Crippen LogP contribution in [0.15, 0.2) is 0 Å². The summed E-state index contributed by atoms with van der Waals surface area (Å²) in [5.41, 5.74) is -2.80. The molecule has 0 heterocycles. The smallest absolute Gasteiger partial charge is 0.336 e. The van der Waals surface area contributed by atoms with E-state index >= 15 is 0 Å². The van der Waals surface area contributed by atoms with Gasteiger partial charge in [-0.25, -0.2) is 4.79 Å². The lowest BCUT2D eigenvalue weighted by molar-refractivity contribution is -0.174. The Morgan fingerprint density at radius 2 is 1.62 bits per heavy atom. The van der Waals surface area contributed by atoms with E-state index in [1.165, 1.54) is 0 Å². The van der Waals surface area contributed by atoms with Gasteiger partial charge in [0.1, 0.15) is 0 Å². The van der Waals surface area contributed by atoms with Gasteiger partial charge in [0.15, 0.2) is 5.60 Å². The molecule has 0 aliphatic heterocycles. The van der Waals surface area contributed by atoms with Crippen LogP contribution in [0, 0.1) is 5.92 Å². The Kier molecular flexibility index (Phi) is 9.87. The monoisotopic (exact) mass is 346 g/mol. The third-order valence-electron chi connectivity index (χ3n) is 3.81. The fourth-order valence-corrected chi connectivity index (χ4v) is 2.28. The first-order valence-electron chi connectivity index (χ1n) is 8.05. The van der Waals surface area contributed by atoms with Crippen molar-refractivity contribution in [1.82, 2.24) is 0 Å². The zero-order valence-electron chi connectivity index (χ0n) is 14.1. The number of aliphatic carboxylic acids is 2. The molecule has 0 aromatic heterocycles. The van der Waals surface area contributed by atoms with Gasteiger partial charge in [-0.15, -0.1) is 0 Å². The summed E-state index contributed by atoms with van der Waals surface area (Å²) in [4.78, 5) is 44.7. The molecule has 0 spiro atoms. The number of rotatable bonds is 12. The molecule has 0 bridgehead atoms. The van der Waals surface area contributed by atoms with Gasteiger partial charge in [0, 0.05) is 6.42 Å². The third kappa shape index (κ3) is 8.61. The van der Waals surface area contributed by atoms with Crippen molar-refractivity contribution in [2.45, 2.75) is 70.8 Å². The predicted molar refractivity (Wildman–Crippen MR) is 83.1 cm³/mol. The van der Waals surface area contributed by atoms with E-state index in [9.17, 15) is 24.3 Å². The van der Waals surface area contributed by atoms with Crippen LogP contribution in [0.3, 0.4) is 0 Å². The fraction of sp³-hybridized carbons (Fsp3) is 0.750. The average Bonchev–Trinajstić information content (AvgIpc) is 2.46. The van der Waals surface area contributed by atoms with E-state index in [-0.39, 0.29) is 6.42 Å².